The molecular formula is C10H9Cl2N3S. The molecule has 0 bridgehead atoms. The van der Waals surface area contributed by atoms with Gasteiger partial charge in [0.05, 0.1) is 5.69 Å². The molecule has 2 aromatic rings. The Morgan fingerprint density at radius 2 is 2.12 bits per heavy atom. The summed E-state index contributed by atoms with van der Waals surface area (Å²) < 4.78 is 3.79. The Bertz CT molecular complexity index is 459. The highest BCUT2D eigenvalue weighted by Gasteiger charge is 2.01. The lowest BCUT2D eigenvalue weighted by atomic mass is 10.2. The van der Waals surface area contributed by atoms with Gasteiger partial charge in [0.2, 0.25) is 0 Å². The molecule has 0 aliphatic rings. The first kappa shape index (κ1) is 11.8. The molecule has 0 aliphatic carbocycles. The van der Waals surface area contributed by atoms with E-state index in [9.17, 15) is 0 Å². The third-order valence-electron chi connectivity index (χ3n) is 2.04. The fraction of sp³-hybridized carbons (Fsp3) is 0.200. The zero-order chi connectivity index (χ0) is 11.4. The predicted molar refractivity (Wildman–Crippen MR) is 66.9 cm³/mol. The van der Waals surface area contributed by atoms with E-state index in [1.807, 2.05) is 17.5 Å². The van der Waals surface area contributed by atoms with Crippen molar-refractivity contribution in [3.63, 3.8) is 0 Å². The molecule has 0 saturated heterocycles. The van der Waals surface area contributed by atoms with Crippen molar-refractivity contribution < 1.29 is 0 Å². The summed E-state index contributed by atoms with van der Waals surface area (Å²) in [6.07, 6.45) is 0. The summed E-state index contributed by atoms with van der Waals surface area (Å²) in [6.45, 7) is 1.38. The van der Waals surface area contributed by atoms with E-state index in [0.29, 0.717) is 23.1 Å². The Labute approximate surface area is 108 Å². The van der Waals surface area contributed by atoms with Crippen molar-refractivity contribution in [2.45, 2.75) is 13.1 Å². The molecule has 0 atom stereocenters. The van der Waals surface area contributed by atoms with Crippen LogP contribution in [0.15, 0.2) is 23.6 Å². The number of nitrogens with one attached hydrogen (secondary N) is 1. The summed E-state index contributed by atoms with van der Waals surface area (Å²) in [7, 11) is 0. The highest BCUT2D eigenvalue weighted by molar-refractivity contribution is 7.03. The van der Waals surface area contributed by atoms with Crippen LogP contribution in [0.1, 0.15) is 11.3 Å². The lowest BCUT2D eigenvalue weighted by molar-refractivity contribution is 0.677. The molecule has 3 nitrogen and oxygen atoms in total. The average Bonchev–Trinajstić information content (AvgIpc) is 2.74. The maximum absolute atomic E-state index is 6.04. The minimum Gasteiger partial charge on any atom is -0.307 e. The summed E-state index contributed by atoms with van der Waals surface area (Å²) in [6, 6.07) is 5.48. The Morgan fingerprint density at radius 3 is 2.81 bits per heavy atom. The van der Waals surface area contributed by atoms with Gasteiger partial charge >= 0.3 is 0 Å². The van der Waals surface area contributed by atoms with Gasteiger partial charge in [-0.3, -0.25) is 0 Å². The fourth-order valence-electron chi connectivity index (χ4n) is 1.25. The lowest BCUT2D eigenvalue weighted by Gasteiger charge is -2.05. The predicted octanol–water partition coefficient (Wildman–Crippen LogP) is 3.13. The largest absolute Gasteiger partial charge is 0.307 e. The Morgan fingerprint density at radius 1 is 1.25 bits per heavy atom. The summed E-state index contributed by atoms with van der Waals surface area (Å²) >= 11 is 13.2. The molecule has 0 fully saturated rings. The van der Waals surface area contributed by atoms with Gasteiger partial charge in [0, 0.05) is 28.5 Å². The molecule has 0 unspecified atom stereocenters. The number of nitrogens with zero attached hydrogens (tertiary/aromatic N) is 2. The van der Waals surface area contributed by atoms with Crippen LogP contribution in [0.5, 0.6) is 0 Å². The van der Waals surface area contributed by atoms with Gasteiger partial charge in [-0.25, -0.2) is 0 Å². The molecule has 1 aromatic carbocycles. The van der Waals surface area contributed by atoms with Crippen molar-refractivity contribution in [2.75, 3.05) is 0 Å². The Hall–Kier alpha value is -0.680. The van der Waals surface area contributed by atoms with Gasteiger partial charge in [-0.2, -0.15) is 0 Å². The SMILES string of the molecule is Clc1ccc(CNCc2csnn2)c(Cl)c1. The molecule has 0 saturated carbocycles. The summed E-state index contributed by atoms with van der Waals surface area (Å²) in [5.74, 6) is 0. The second-order valence-corrected chi connectivity index (χ2v) is 4.69. The Balaban J connectivity index is 1.90. The number of hydrogen-bond donors (Lipinski definition) is 1. The smallest absolute Gasteiger partial charge is 0.0893 e. The fourth-order valence-corrected chi connectivity index (χ4v) is 2.18. The first-order chi connectivity index (χ1) is 7.75. The average molecular weight is 274 g/mol. The third-order valence-corrected chi connectivity index (χ3v) is 3.18. The molecule has 1 aromatic heterocycles. The Kier molecular flexibility index (Phi) is 4.12. The first-order valence-electron chi connectivity index (χ1n) is 4.66. The van der Waals surface area contributed by atoms with Gasteiger partial charge in [-0.1, -0.05) is 33.8 Å². The molecule has 2 rings (SSSR count). The van der Waals surface area contributed by atoms with Gasteiger partial charge in [0.1, 0.15) is 0 Å². The molecule has 0 amide bonds. The summed E-state index contributed by atoms with van der Waals surface area (Å²) in [4.78, 5) is 0. The van der Waals surface area contributed by atoms with Crippen molar-refractivity contribution in [3.05, 3.63) is 44.9 Å². The number of halogens is 2. The number of hydrogen-bond acceptors (Lipinski definition) is 4. The molecule has 6 heteroatoms. The third kappa shape index (κ3) is 3.15. The van der Waals surface area contributed by atoms with E-state index in [4.69, 9.17) is 23.2 Å². The number of benzene rings is 1. The normalized spacial score (nSPS) is 10.6. The van der Waals surface area contributed by atoms with E-state index in [1.54, 1.807) is 6.07 Å². The zero-order valence-electron chi connectivity index (χ0n) is 8.28. The van der Waals surface area contributed by atoms with Gasteiger partial charge in [-0.05, 0) is 29.2 Å². The highest BCUT2D eigenvalue weighted by Crippen LogP contribution is 2.20. The van der Waals surface area contributed by atoms with Crippen molar-refractivity contribution in [1.82, 2.24) is 14.9 Å². The monoisotopic (exact) mass is 273 g/mol. The molecule has 16 heavy (non-hydrogen) atoms. The van der Waals surface area contributed by atoms with Gasteiger partial charge in [0.25, 0.3) is 0 Å². The van der Waals surface area contributed by atoms with Crippen LogP contribution in [0.25, 0.3) is 0 Å². The van der Waals surface area contributed by atoms with Crippen LogP contribution >= 0.6 is 34.7 Å². The number of rotatable bonds is 4. The van der Waals surface area contributed by atoms with Crippen LogP contribution in [0.2, 0.25) is 10.0 Å². The van der Waals surface area contributed by atoms with Crippen molar-refractivity contribution in [2.24, 2.45) is 0 Å². The van der Waals surface area contributed by atoms with E-state index < -0.39 is 0 Å². The van der Waals surface area contributed by atoms with Crippen molar-refractivity contribution >= 4 is 34.7 Å². The van der Waals surface area contributed by atoms with Crippen LogP contribution in [0.3, 0.4) is 0 Å². The molecule has 84 valence electrons. The van der Waals surface area contributed by atoms with Crippen molar-refractivity contribution in [3.8, 4) is 0 Å². The van der Waals surface area contributed by atoms with Crippen LogP contribution in [-0.2, 0) is 13.1 Å². The van der Waals surface area contributed by atoms with E-state index in [0.717, 1.165) is 11.3 Å². The quantitative estimate of drug-likeness (QED) is 0.930. The van der Waals surface area contributed by atoms with Crippen molar-refractivity contribution in [1.29, 1.82) is 0 Å². The second-order valence-electron chi connectivity index (χ2n) is 3.24. The summed E-state index contributed by atoms with van der Waals surface area (Å²) in [5, 5.41) is 10.4. The minimum atomic E-state index is 0.650. The van der Waals surface area contributed by atoms with E-state index in [-0.39, 0.29) is 0 Å². The van der Waals surface area contributed by atoms with Crippen LogP contribution in [-0.4, -0.2) is 9.59 Å². The molecule has 1 heterocycles. The van der Waals surface area contributed by atoms with Crippen LogP contribution in [0, 0.1) is 0 Å². The maximum Gasteiger partial charge on any atom is 0.0893 e. The van der Waals surface area contributed by atoms with Gasteiger partial charge < -0.3 is 5.32 Å². The maximum atomic E-state index is 6.04. The van der Waals surface area contributed by atoms with Crippen LogP contribution < -0.4 is 5.32 Å². The highest BCUT2D eigenvalue weighted by atomic mass is 35.5. The molecule has 0 radical (unpaired) electrons. The first-order valence-corrected chi connectivity index (χ1v) is 6.25. The molecular weight excluding hydrogens is 265 g/mol. The van der Waals surface area contributed by atoms with E-state index in [1.165, 1.54) is 11.5 Å². The second kappa shape index (κ2) is 5.59. The standard InChI is InChI=1S/C10H9Cl2N3S/c11-8-2-1-7(10(12)3-8)4-13-5-9-6-16-15-14-9/h1-3,6,13H,4-5H2. The lowest BCUT2D eigenvalue weighted by Crippen LogP contribution is -2.13. The minimum absolute atomic E-state index is 0.650. The van der Waals surface area contributed by atoms with Crippen LogP contribution in [0.4, 0.5) is 0 Å². The summed E-state index contributed by atoms with van der Waals surface area (Å²) in [5.41, 5.74) is 1.96. The van der Waals surface area contributed by atoms with E-state index in [2.05, 4.69) is 14.9 Å². The number of aromatic nitrogens is 2. The molecule has 1 N–H and O–H groups in total. The van der Waals surface area contributed by atoms with E-state index >= 15 is 0 Å². The van der Waals surface area contributed by atoms with Gasteiger partial charge in [0.15, 0.2) is 0 Å². The topological polar surface area (TPSA) is 37.8 Å². The zero-order valence-corrected chi connectivity index (χ0v) is 10.6. The molecule has 0 spiro atoms. The molecule has 0 aliphatic heterocycles. The van der Waals surface area contributed by atoms with Gasteiger partial charge in [-0.15, -0.1) is 5.10 Å².